The summed E-state index contributed by atoms with van der Waals surface area (Å²) in [5.74, 6) is -0.988. The number of methoxy groups -OCH3 is 2. The fourth-order valence-electron chi connectivity index (χ4n) is 2.34. The van der Waals surface area contributed by atoms with E-state index in [1.54, 1.807) is 14.2 Å². The van der Waals surface area contributed by atoms with Crippen molar-refractivity contribution in [2.45, 2.75) is 6.54 Å². The standard InChI is InChI=1S/C15H13N5O5.C2H6O.Rb/c1-25-14(24)8-2-3-9(11(22)4-8)6-20-12-10(5-17-20)18-15(16-7-21)19-13(12)23;1-3-2;/h2-5,7,22H,6H2,1H3,(H2,16,18,19,21,23);1-2H3;/q;;+1/p-1. The number of benzene rings is 1. The third kappa shape index (κ3) is 6.28. The molecule has 0 unspecified atom stereocenters. The number of nitrogens with one attached hydrogen (secondary N) is 2. The van der Waals surface area contributed by atoms with Gasteiger partial charge in [0.2, 0.25) is 12.4 Å². The predicted molar refractivity (Wildman–Crippen MR) is 97.1 cm³/mol. The van der Waals surface area contributed by atoms with Crippen molar-refractivity contribution >= 4 is 29.4 Å². The smallest absolute Gasteiger partial charge is 0.872 e. The van der Waals surface area contributed by atoms with Crippen molar-refractivity contribution in [1.82, 2.24) is 19.7 Å². The normalized spacial score (nSPS) is 9.76. The molecule has 11 nitrogen and oxygen atoms in total. The molecule has 2 aromatic heterocycles. The van der Waals surface area contributed by atoms with Crippen LogP contribution in [-0.4, -0.2) is 53.5 Å². The number of aromatic amines is 1. The third-order valence-corrected chi connectivity index (χ3v) is 3.50. The van der Waals surface area contributed by atoms with Crippen LogP contribution in [-0.2, 0) is 20.8 Å². The summed E-state index contributed by atoms with van der Waals surface area (Å²) in [6.45, 7) is 0.0228. The number of anilines is 1. The number of nitrogens with zero attached hydrogens (tertiary/aromatic N) is 3. The van der Waals surface area contributed by atoms with Crippen molar-refractivity contribution in [2.24, 2.45) is 0 Å². The summed E-state index contributed by atoms with van der Waals surface area (Å²) in [6.07, 6.45) is 1.74. The van der Waals surface area contributed by atoms with Crippen molar-refractivity contribution in [2.75, 3.05) is 26.6 Å². The van der Waals surface area contributed by atoms with E-state index in [4.69, 9.17) is 0 Å². The first-order chi connectivity index (χ1) is 13.4. The van der Waals surface area contributed by atoms with Gasteiger partial charge in [0.05, 0.1) is 25.4 Å². The Morgan fingerprint density at radius 1 is 1.34 bits per heavy atom. The molecule has 12 heteroatoms. The van der Waals surface area contributed by atoms with Gasteiger partial charge in [-0.05, 0) is 11.6 Å². The SMILES string of the molecule is COC.COC(=O)c1ccc(Cn2ncc3nc(NC=O)[nH]c(=O)c32)c([O-])c1.[Rb+]. The van der Waals surface area contributed by atoms with Crippen molar-refractivity contribution in [3.8, 4) is 5.75 Å². The molecule has 0 bridgehead atoms. The average Bonchev–Trinajstić information content (AvgIpc) is 3.07. The molecule has 1 amide bonds. The number of hydrogen-bond acceptors (Lipinski definition) is 8. The van der Waals surface area contributed by atoms with Crippen molar-refractivity contribution in [3.05, 3.63) is 45.9 Å². The molecule has 148 valence electrons. The average molecular weight is 474 g/mol. The minimum atomic E-state index is -0.607. The van der Waals surface area contributed by atoms with Crippen LogP contribution in [0.1, 0.15) is 15.9 Å². The first-order valence-corrected chi connectivity index (χ1v) is 7.89. The van der Waals surface area contributed by atoms with Crippen LogP contribution in [0.25, 0.3) is 11.0 Å². The van der Waals surface area contributed by atoms with Crippen molar-refractivity contribution < 1.29 is 82.4 Å². The Balaban J connectivity index is 0.000000990. The number of hydrogen-bond donors (Lipinski definition) is 2. The van der Waals surface area contributed by atoms with Crippen LogP contribution in [0.4, 0.5) is 5.95 Å². The quantitative estimate of drug-likeness (QED) is 0.291. The molecule has 0 radical (unpaired) electrons. The number of amides is 1. The zero-order chi connectivity index (χ0) is 20.7. The molecule has 3 aromatic rings. The third-order valence-electron chi connectivity index (χ3n) is 3.50. The maximum Gasteiger partial charge on any atom is 1.00 e. The molecule has 0 aliphatic carbocycles. The van der Waals surface area contributed by atoms with E-state index in [0.717, 1.165) is 0 Å². The largest absolute Gasteiger partial charge is 1.00 e. The number of rotatable bonds is 5. The van der Waals surface area contributed by atoms with Crippen LogP contribution in [0.5, 0.6) is 5.75 Å². The Kier molecular flexibility index (Phi) is 10.3. The Bertz CT molecular complexity index is 1050. The van der Waals surface area contributed by atoms with Crippen LogP contribution >= 0.6 is 0 Å². The summed E-state index contributed by atoms with van der Waals surface area (Å²) < 4.78 is 10.1. The fourth-order valence-corrected chi connectivity index (χ4v) is 2.34. The van der Waals surface area contributed by atoms with E-state index in [1.807, 2.05) is 0 Å². The minimum absolute atomic E-state index is 0. The minimum Gasteiger partial charge on any atom is -0.872 e. The van der Waals surface area contributed by atoms with E-state index < -0.39 is 11.5 Å². The number of aromatic nitrogens is 4. The van der Waals surface area contributed by atoms with Gasteiger partial charge in [-0.2, -0.15) is 5.10 Å². The van der Waals surface area contributed by atoms with E-state index in [2.05, 4.69) is 29.9 Å². The maximum atomic E-state index is 12.2. The van der Waals surface area contributed by atoms with Crippen molar-refractivity contribution in [3.63, 3.8) is 0 Å². The van der Waals surface area contributed by atoms with Gasteiger partial charge in [0.15, 0.2) is 5.52 Å². The predicted octanol–water partition coefficient (Wildman–Crippen LogP) is -3.14. The van der Waals surface area contributed by atoms with Gasteiger partial charge in [-0.25, -0.2) is 9.78 Å². The zero-order valence-electron chi connectivity index (χ0n) is 16.4. The number of esters is 1. The number of H-pyrrole nitrogens is 1. The van der Waals surface area contributed by atoms with Gasteiger partial charge < -0.3 is 14.6 Å². The Labute approximate surface area is 214 Å². The molecule has 2 heterocycles. The molecule has 3 rings (SSSR count). The van der Waals surface area contributed by atoms with Gasteiger partial charge in [-0.3, -0.25) is 24.6 Å². The molecule has 2 N–H and O–H groups in total. The second-order valence-electron chi connectivity index (χ2n) is 5.44. The van der Waals surface area contributed by atoms with Gasteiger partial charge >= 0.3 is 64.2 Å². The van der Waals surface area contributed by atoms with Crippen LogP contribution in [0.15, 0.2) is 29.2 Å². The Hall–Kier alpha value is -1.92. The first kappa shape index (κ1) is 25.1. The zero-order valence-corrected chi connectivity index (χ0v) is 21.3. The van der Waals surface area contributed by atoms with Crippen molar-refractivity contribution in [1.29, 1.82) is 0 Å². The topological polar surface area (TPSA) is 151 Å². The number of carbonyl (C=O) groups excluding carboxylic acids is 2. The van der Waals surface area contributed by atoms with E-state index in [1.165, 1.54) is 36.2 Å². The Morgan fingerprint density at radius 3 is 2.62 bits per heavy atom. The van der Waals surface area contributed by atoms with Crippen LogP contribution in [0.2, 0.25) is 0 Å². The fraction of sp³-hybridized carbons (Fsp3) is 0.235. The van der Waals surface area contributed by atoms with Gasteiger partial charge in [0.1, 0.15) is 5.52 Å². The summed E-state index contributed by atoms with van der Waals surface area (Å²) in [5, 5.41) is 18.5. The van der Waals surface area contributed by atoms with Gasteiger partial charge in [-0.15, -0.1) is 5.75 Å². The van der Waals surface area contributed by atoms with E-state index in [0.29, 0.717) is 12.0 Å². The van der Waals surface area contributed by atoms with Crippen LogP contribution < -0.4 is 74.2 Å². The maximum absolute atomic E-state index is 12.2. The second kappa shape index (κ2) is 11.9. The Morgan fingerprint density at radius 2 is 2.03 bits per heavy atom. The van der Waals surface area contributed by atoms with E-state index >= 15 is 0 Å². The molecule has 1 aromatic carbocycles. The second-order valence-corrected chi connectivity index (χ2v) is 5.44. The number of fused-ring (bicyclic) bond motifs is 1. The first-order valence-electron chi connectivity index (χ1n) is 7.89. The summed E-state index contributed by atoms with van der Waals surface area (Å²) in [5.41, 5.74) is 0.405. The molecule has 0 spiro atoms. The van der Waals surface area contributed by atoms with Gasteiger partial charge in [-0.1, -0.05) is 12.1 Å². The molecule has 0 fully saturated rings. The number of ether oxygens (including phenoxy) is 2. The summed E-state index contributed by atoms with van der Waals surface area (Å²) in [4.78, 5) is 40.5. The molecule has 0 atom stereocenters. The van der Waals surface area contributed by atoms with E-state index in [-0.39, 0.29) is 93.0 Å². The molecule has 0 aliphatic heterocycles. The van der Waals surface area contributed by atoms with Crippen LogP contribution in [0.3, 0.4) is 0 Å². The molecule has 0 saturated heterocycles. The summed E-state index contributed by atoms with van der Waals surface area (Å²) >= 11 is 0. The summed E-state index contributed by atoms with van der Waals surface area (Å²) in [6, 6.07) is 4.11. The summed E-state index contributed by atoms with van der Waals surface area (Å²) in [7, 11) is 4.48. The monoisotopic (exact) mass is 473 g/mol. The van der Waals surface area contributed by atoms with E-state index in [9.17, 15) is 19.5 Å². The van der Waals surface area contributed by atoms with Gasteiger partial charge in [0, 0.05) is 14.2 Å². The molecular weight excluding hydrogens is 456 g/mol. The number of carbonyl (C=O) groups is 2. The molecular formula is C17H18N5O6Rb. The van der Waals surface area contributed by atoms with Gasteiger partial charge in [0.25, 0.3) is 5.56 Å². The molecule has 0 aliphatic rings. The molecule has 0 saturated carbocycles. The molecule has 29 heavy (non-hydrogen) atoms. The van der Waals surface area contributed by atoms with Crippen LogP contribution in [0, 0.1) is 0 Å².